The molecule has 3 heteroatoms. The lowest BCUT2D eigenvalue weighted by atomic mass is 10.0. The molecular weight excluding hydrogens is 212 g/mol. The Bertz CT molecular complexity index is 193. The Morgan fingerprint density at radius 2 is 2.18 bits per heavy atom. The predicted molar refractivity (Wildman–Crippen MR) is 73.4 cm³/mol. The maximum absolute atomic E-state index is 5.55. The van der Waals surface area contributed by atoms with Crippen molar-refractivity contribution in [1.29, 1.82) is 0 Å². The normalized spacial score (nSPS) is 24.9. The maximum Gasteiger partial charge on any atom is 0.0506 e. The largest absolute Gasteiger partial charge is 0.381 e. The molecular formula is C14H30N2O. The first-order valence-corrected chi connectivity index (χ1v) is 7.16. The Labute approximate surface area is 107 Å². The summed E-state index contributed by atoms with van der Waals surface area (Å²) in [5, 5.41) is 3.58. The monoisotopic (exact) mass is 242 g/mol. The Balaban J connectivity index is 2.26. The van der Waals surface area contributed by atoms with Crippen LogP contribution >= 0.6 is 0 Å². The van der Waals surface area contributed by atoms with E-state index >= 15 is 0 Å². The third-order valence-corrected chi connectivity index (χ3v) is 3.94. The second-order valence-electron chi connectivity index (χ2n) is 5.51. The fourth-order valence-corrected chi connectivity index (χ4v) is 2.45. The number of ether oxygens (including phenoxy) is 1. The zero-order valence-electron chi connectivity index (χ0n) is 12.0. The first-order valence-electron chi connectivity index (χ1n) is 7.16. The fourth-order valence-electron chi connectivity index (χ4n) is 2.45. The SMILES string of the molecule is CCCNC(C)C(C)N(C)CC1CCCOC1. The number of rotatable bonds is 7. The summed E-state index contributed by atoms with van der Waals surface area (Å²) in [5.41, 5.74) is 0. The first-order chi connectivity index (χ1) is 8.15. The van der Waals surface area contributed by atoms with Crippen molar-refractivity contribution < 1.29 is 4.74 Å². The van der Waals surface area contributed by atoms with Gasteiger partial charge in [0, 0.05) is 25.2 Å². The highest BCUT2D eigenvalue weighted by atomic mass is 16.5. The molecule has 0 spiro atoms. The molecule has 1 rings (SSSR count). The van der Waals surface area contributed by atoms with Crippen LogP contribution in [0.25, 0.3) is 0 Å². The number of nitrogens with one attached hydrogen (secondary N) is 1. The summed E-state index contributed by atoms with van der Waals surface area (Å²) in [6.45, 7) is 11.0. The van der Waals surface area contributed by atoms with Gasteiger partial charge in [-0.05, 0) is 52.6 Å². The van der Waals surface area contributed by atoms with Gasteiger partial charge in [0.25, 0.3) is 0 Å². The highest BCUT2D eigenvalue weighted by Crippen LogP contribution is 2.16. The van der Waals surface area contributed by atoms with Gasteiger partial charge in [-0.2, -0.15) is 0 Å². The number of hydrogen-bond donors (Lipinski definition) is 1. The van der Waals surface area contributed by atoms with Crippen LogP contribution in [0.15, 0.2) is 0 Å². The van der Waals surface area contributed by atoms with Gasteiger partial charge in [0.1, 0.15) is 0 Å². The van der Waals surface area contributed by atoms with Gasteiger partial charge >= 0.3 is 0 Å². The Kier molecular flexibility index (Phi) is 7.09. The lowest BCUT2D eigenvalue weighted by Gasteiger charge is -2.34. The molecule has 1 heterocycles. The molecule has 0 aromatic heterocycles. The van der Waals surface area contributed by atoms with E-state index in [1.54, 1.807) is 0 Å². The molecule has 3 atom stereocenters. The third-order valence-electron chi connectivity index (χ3n) is 3.94. The van der Waals surface area contributed by atoms with E-state index in [2.05, 4.69) is 38.0 Å². The third kappa shape index (κ3) is 5.36. The van der Waals surface area contributed by atoms with Crippen LogP contribution in [-0.4, -0.2) is 50.3 Å². The maximum atomic E-state index is 5.55. The molecule has 3 unspecified atom stereocenters. The van der Waals surface area contributed by atoms with Gasteiger partial charge in [0.2, 0.25) is 0 Å². The summed E-state index contributed by atoms with van der Waals surface area (Å²) in [6.07, 6.45) is 3.77. The second kappa shape index (κ2) is 8.06. The molecule has 0 amide bonds. The van der Waals surface area contributed by atoms with Crippen LogP contribution in [-0.2, 0) is 4.74 Å². The van der Waals surface area contributed by atoms with Crippen LogP contribution in [0.1, 0.15) is 40.0 Å². The van der Waals surface area contributed by atoms with E-state index in [-0.39, 0.29) is 0 Å². The van der Waals surface area contributed by atoms with Gasteiger partial charge in [-0.1, -0.05) is 6.92 Å². The quantitative estimate of drug-likeness (QED) is 0.740. The van der Waals surface area contributed by atoms with Crippen molar-refractivity contribution in [1.82, 2.24) is 10.2 Å². The lowest BCUT2D eigenvalue weighted by Crippen LogP contribution is -2.47. The summed E-state index contributed by atoms with van der Waals surface area (Å²) < 4.78 is 5.55. The van der Waals surface area contributed by atoms with E-state index in [0.717, 1.165) is 25.7 Å². The van der Waals surface area contributed by atoms with Gasteiger partial charge in [-0.15, -0.1) is 0 Å². The number of nitrogens with zero attached hydrogens (tertiary/aromatic N) is 1. The van der Waals surface area contributed by atoms with E-state index in [1.165, 1.54) is 25.8 Å². The smallest absolute Gasteiger partial charge is 0.0506 e. The molecule has 3 nitrogen and oxygen atoms in total. The zero-order chi connectivity index (χ0) is 12.7. The zero-order valence-corrected chi connectivity index (χ0v) is 12.0. The molecule has 0 aromatic rings. The fraction of sp³-hybridized carbons (Fsp3) is 1.00. The average Bonchev–Trinajstić information content (AvgIpc) is 2.36. The van der Waals surface area contributed by atoms with E-state index in [1.807, 2.05) is 0 Å². The summed E-state index contributed by atoms with van der Waals surface area (Å²) in [6, 6.07) is 1.15. The number of likely N-dealkylation sites (N-methyl/N-ethyl adjacent to an activating group) is 1. The van der Waals surface area contributed by atoms with Crippen molar-refractivity contribution in [2.24, 2.45) is 5.92 Å². The van der Waals surface area contributed by atoms with Crippen molar-refractivity contribution in [3.63, 3.8) is 0 Å². The summed E-state index contributed by atoms with van der Waals surface area (Å²) in [7, 11) is 2.24. The summed E-state index contributed by atoms with van der Waals surface area (Å²) in [5.74, 6) is 0.731. The molecule has 1 saturated heterocycles. The topological polar surface area (TPSA) is 24.5 Å². The highest BCUT2D eigenvalue weighted by Gasteiger charge is 2.21. The molecule has 0 saturated carbocycles. The van der Waals surface area contributed by atoms with Crippen LogP contribution in [0.4, 0.5) is 0 Å². The minimum absolute atomic E-state index is 0.560. The molecule has 0 aromatic carbocycles. The standard InChI is InChI=1S/C14H30N2O/c1-5-8-15-12(2)13(3)16(4)10-14-7-6-9-17-11-14/h12-15H,5-11H2,1-4H3. The Hall–Kier alpha value is -0.120. The van der Waals surface area contributed by atoms with Crippen LogP contribution in [0.5, 0.6) is 0 Å². The summed E-state index contributed by atoms with van der Waals surface area (Å²) in [4.78, 5) is 2.48. The van der Waals surface area contributed by atoms with E-state index in [0.29, 0.717) is 12.1 Å². The van der Waals surface area contributed by atoms with Gasteiger partial charge in [-0.3, -0.25) is 0 Å². The minimum Gasteiger partial charge on any atom is -0.381 e. The Morgan fingerprint density at radius 1 is 1.41 bits per heavy atom. The van der Waals surface area contributed by atoms with E-state index in [9.17, 15) is 0 Å². The van der Waals surface area contributed by atoms with Gasteiger partial charge < -0.3 is 15.0 Å². The number of hydrogen-bond acceptors (Lipinski definition) is 3. The van der Waals surface area contributed by atoms with E-state index in [4.69, 9.17) is 4.74 Å². The van der Waals surface area contributed by atoms with Crippen molar-refractivity contribution >= 4 is 0 Å². The van der Waals surface area contributed by atoms with Crippen molar-refractivity contribution in [2.75, 3.05) is 33.4 Å². The van der Waals surface area contributed by atoms with Gasteiger partial charge in [0.15, 0.2) is 0 Å². The van der Waals surface area contributed by atoms with Gasteiger partial charge in [0.05, 0.1) is 6.61 Å². The second-order valence-corrected chi connectivity index (χ2v) is 5.51. The summed E-state index contributed by atoms with van der Waals surface area (Å²) >= 11 is 0. The van der Waals surface area contributed by atoms with Crippen molar-refractivity contribution in [3.05, 3.63) is 0 Å². The van der Waals surface area contributed by atoms with Crippen LogP contribution in [0, 0.1) is 5.92 Å². The molecule has 1 N–H and O–H groups in total. The molecule has 0 bridgehead atoms. The molecule has 0 radical (unpaired) electrons. The van der Waals surface area contributed by atoms with Crippen molar-refractivity contribution in [3.8, 4) is 0 Å². The molecule has 0 aliphatic carbocycles. The lowest BCUT2D eigenvalue weighted by molar-refractivity contribution is 0.0350. The predicted octanol–water partition coefficient (Wildman–Crippen LogP) is 2.12. The van der Waals surface area contributed by atoms with Crippen molar-refractivity contribution in [2.45, 2.75) is 52.1 Å². The molecule has 1 fully saturated rings. The molecule has 1 aliphatic rings. The molecule has 1 aliphatic heterocycles. The van der Waals surface area contributed by atoms with E-state index < -0.39 is 0 Å². The Morgan fingerprint density at radius 3 is 2.76 bits per heavy atom. The first kappa shape index (κ1) is 14.9. The molecule has 17 heavy (non-hydrogen) atoms. The van der Waals surface area contributed by atoms with Crippen LogP contribution in [0.2, 0.25) is 0 Å². The average molecular weight is 242 g/mol. The highest BCUT2D eigenvalue weighted by molar-refractivity contribution is 4.78. The van der Waals surface area contributed by atoms with Crippen LogP contribution in [0.3, 0.4) is 0 Å². The van der Waals surface area contributed by atoms with Crippen LogP contribution < -0.4 is 5.32 Å². The van der Waals surface area contributed by atoms with Gasteiger partial charge in [-0.25, -0.2) is 0 Å². The minimum atomic E-state index is 0.560. The molecule has 102 valence electrons.